The van der Waals surface area contributed by atoms with E-state index in [0.717, 1.165) is 18.6 Å². The Morgan fingerprint density at radius 3 is 2.69 bits per heavy atom. The minimum absolute atomic E-state index is 0.0660. The molecule has 0 amide bonds. The van der Waals surface area contributed by atoms with Gasteiger partial charge in [0, 0.05) is 0 Å². The van der Waals surface area contributed by atoms with Crippen molar-refractivity contribution in [2.24, 2.45) is 0 Å². The molecule has 0 aromatic heterocycles. The average molecular weight is 176 g/mol. The van der Waals surface area contributed by atoms with Gasteiger partial charge in [-0.15, -0.1) is 0 Å². The highest BCUT2D eigenvalue weighted by Crippen LogP contribution is 2.29. The van der Waals surface area contributed by atoms with E-state index >= 15 is 0 Å². The minimum Gasteiger partial charge on any atom is -0.490 e. The van der Waals surface area contributed by atoms with Gasteiger partial charge < -0.3 is 4.74 Å². The summed E-state index contributed by atoms with van der Waals surface area (Å²) in [5.41, 5.74) is 0.689. The van der Waals surface area contributed by atoms with Gasteiger partial charge in [-0.05, 0) is 31.9 Å². The van der Waals surface area contributed by atoms with Gasteiger partial charge in [-0.25, -0.2) is 0 Å². The number of rotatable bonds is 3. The molecule has 0 heterocycles. The standard InChI is InChI=1S/C11H12O2/c1-8(12)10-4-2-3-5-11(10)13-9-6-7-9/h2-5,9H,6-7H2,1H3. The molecule has 1 fully saturated rings. The maximum absolute atomic E-state index is 11.2. The molecule has 1 aliphatic rings. The van der Waals surface area contributed by atoms with Crippen molar-refractivity contribution < 1.29 is 9.53 Å². The number of benzene rings is 1. The van der Waals surface area contributed by atoms with E-state index in [2.05, 4.69) is 0 Å². The zero-order chi connectivity index (χ0) is 9.26. The van der Waals surface area contributed by atoms with Crippen LogP contribution in [0.3, 0.4) is 0 Å². The van der Waals surface area contributed by atoms with Crippen LogP contribution in [0.25, 0.3) is 0 Å². The van der Waals surface area contributed by atoms with Crippen molar-refractivity contribution in [2.75, 3.05) is 0 Å². The van der Waals surface area contributed by atoms with Gasteiger partial charge in [0.05, 0.1) is 11.7 Å². The van der Waals surface area contributed by atoms with Crippen molar-refractivity contribution in [3.63, 3.8) is 0 Å². The van der Waals surface area contributed by atoms with Gasteiger partial charge in [-0.1, -0.05) is 12.1 Å². The normalized spacial score (nSPS) is 15.5. The third-order valence-corrected chi connectivity index (χ3v) is 2.08. The first-order chi connectivity index (χ1) is 6.27. The van der Waals surface area contributed by atoms with E-state index in [1.165, 1.54) is 0 Å². The highest BCUT2D eigenvalue weighted by molar-refractivity contribution is 5.96. The second-order valence-corrected chi connectivity index (χ2v) is 3.37. The van der Waals surface area contributed by atoms with Gasteiger partial charge in [0.25, 0.3) is 0 Å². The number of hydrogen-bond donors (Lipinski definition) is 0. The molecule has 0 radical (unpaired) electrons. The second-order valence-electron chi connectivity index (χ2n) is 3.37. The number of Topliss-reactive ketones (excluding diaryl/α,β-unsaturated/α-hetero) is 1. The van der Waals surface area contributed by atoms with Gasteiger partial charge in [-0.2, -0.15) is 0 Å². The predicted octanol–water partition coefficient (Wildman–Crippen LogP) is 2.43. The Labute approximate surface area is 77.5 Å². The predicted molar refractivity (Wildman–Crippen MR) is 50.1 cm³/mol. The molecule has 2 rings (SSSR count). The van der Waals surface area contributed by atoms with E-state index in [-0.39, 0.29) is 5.78 Å². The lowest BCUT2D eigenvalue weighted by atomic mass is 10.1. The third-order valence-electron chi connectivity index (χ3n) is 2.08. The molecule has 0 spiro atoms. The topological polar surface area (TPSA) is 26.3 Å². The van der Waals surface area contributed by atoms with Crippen LogP contribution in [0, 0.1) is 0 Å². The summed E-state index contributed by atoms with van der Waals surface area (Å²) >= 11 is 0. The maximum Gasteiger partial charge on any atom is 0.163 e. The van der Waals surface area contributed by atoms with Crippen LogP contribution in [0.15, 0.2) is 24.3 Å². The number of para-hydroxylation sites is 1. The van der Waals surface area contributed by atoms with E-state index in [0.29, 0.717) is 11.7 Å². The van der Waals surface area contributed by atoms with Crippen molar-refractivity contribution in [2.45, 2.75) is 25.9 Å². The molecular formula is C11H12O2. The van der Waals surface area contributed by atoms with Gasteiger partial charge in [0.2, 0.25) is 0 Å². The molecular weight excluding hydrogens is 164 g/mol. The number of carbonyl (C=O) groups is 1. The van der Waals surface area contributed by atoms with E-state index in [1.54, 1.807) is 13.0 Å². The number of ketones is 1. The molecule has 1 aliphatic carbocycles. The lowest BCUT2D eigenvalue weighted by molar-refractivity contribution is 0.101. The summed E-state index contributed by atoms with van der Waals surface area (Å²) < 4.78 is 5.60. The van der Waals surface area contributed by atoms with Crippen molar-refractivity contribution in [1.82, 2.24) is 0 Å². The van der Waals surface area contributed by atoms with Gasteiger partial charge >= 0.3 is 0 Å². The molecule has 2 nitrogen and oxygen atoms in total. The van der Waals surface area contributed by atoms with E-state index in [4.69, 9.17) is 4.74 Å². The highest BCUT2D eigenvalue weighted by atomic mass is 16.5. The SMILES string of the molecule is CC(=O)c1ccccc1OC1CC1. The van der Waals surface area contributed by atoms with Gasteiger partial charge in [-0.3, -0.25) is 4.79 Å². The summed E-state index contributed by atoms with van der Waals surface area (Å²) in [6.07, 6.45) is 2.58. The fraction of sp³-hybridized carbons (Fsp3) is 0.364. The molecule has 0 N–H and O–H groups in total. The average Bonchev–Trinajstić information content (AvgIpc) is 2.89. The lowest BCUT2D eigenvalue weighted by Crippen LogP contribution is -2.02. The second kappa shape index (κ2) is 3.21. The van der Waals surface area contributed by atoms with Crippen LogP contribution in [-0.4, -0.2) is 11.9 Å². The molecule has 1 saturated carbocycles. The Balaban J connectivity index is 2.25. The largest absolute Gasteiger partial charge is 0.490 e. The van der Waals surface area contributed by atoms with Crippen LogP contribution < -0.4 is 4.74 Å². The Hall–Kier alpha value is -1.31. The summed E-state index contributed by atoms with van der Waals surface area (Å²) in [5, 5.41) is 0. The molecule has 0 saturated heterocycles. The van der Waals surface area contributed by atoms with Crippen LogP contribution in [0.1, 0.15) is 30.1 Å². The summed E-state index contributed by atoms with van der Waals surface area (Å²) in [6, 6.07) is 7.41. The first kappa shape index (κ1) is 8.30. The fourth-order valence-electron chi connectivity index (χ4n) is 1.23. The quantitative estimate of drug-likeness (QED) is 0.661. The number of hydrogen-bond acceptors (Lipinski definition) is 2. The Morgan fingerprint density at radius 2 is 2.08 bits per heavy atom. The minimum atomic E-state index is 0.0660. The van der Waals surface area contributed by atoms with Gasteiger partial charge in [0.1, 0.15) is 5.75 Å². The smallest absolute Gasteiger partial charge is 0.163 e. The molecule has 1 aromatic carbocycles. The van der Waals surface area contributed by atoms with E-state index in [9.17, 15) is 4.79 Å². The molecule has 68 valence electrons. The van der Waals surface area contributed by atoms with Crippen LogP contribution in [0.4, 0.5) is 0 Å². The van der Waals surface area contributed by atoms with Crippen molar-refractivity contribution >= 4 is 5.78 Å². The molecule has 1 aromatic rings. The first-order valence-corrected chi connectivity index (χ1v) is 4.54. The zero-order valence-electron chi connectivity index (χ0n) is 7.62. The monoisotopic (exact) mass is 176 g/mol. The zero-order valence-corrected chi connectivity index (χ0v) is 7.62. The summed E-state index contributed by atoms with van der Waals surface area (Å²) in [6.45, 7) is 1.56. The highest BCUT2D eigenvalue weighted by Gasteiger charge is 2.24. The summed E-state index contributed by atoms with van der Waals surface area (Å²) in [4.78, 5) is 11.2. The Bertz CT molecular complexity index is 327. The van der Waals surface area contributed by atoms with Crippen molar-refractivity contribution in [1.29, 1.82) is 0 Å². The first-order valence-electron chi connectivity index (χ1n) is 4.54. The molecule has 13 heavy (non-hydrogen) atoms. The summed E-state index contributed by atoms with van der Waals surface area (Å²) in [7, 11) is 0. The third kappa shape index (κ3) is 1.89. The Kier molecular flexibility index (Phi) is 2.05. The van der Waals surface area contributed by atoms with Crippen molar-refractivity contribution in [3.8, 4) is 5.75 Å². The molecule has 0 bridgehead atoms. The molecule has 2 heteroatoms. The van der Waals surface area contributed by atoms with E-state index in [1.807, 2.05) is 18.2 Å². The Morgan fingerprint density at radius 1 is 1.38 bits per heavy atom. The van der Waals surface area contributed by atoms with Crippen LogP contribution in [-0.2, 0) is 0 Å². The van der Waals surface area contributed by atoms with Crippen LogP contribution in [0.2, 0.25) is 0 Å². The van der Waals surface area contributed by atoms with Crippen molar-refractivity contribution in [3.05, 3.63) is 29.8 Å². The molecule has 0 atom stereocenters. The summed E-state index contributed by atoms with van der Waals surface area (Å²) in [5.74, 6) is 0.800. The lowest BCUT2D eigenvalue weighted by Gasteiger charge is -2.07. The molecule has 0 aliphatic heterocycles. The number of carbonyl (C=O) groups excluding carboxylic acids is 1. The fourth-order valence-corrected chi connectivity index (χ4v) is 1.23. The van der Waals surface area contributed by atoms with Gasteiger partial charge in [0.15, 0.2) is 5.78 Å². The maximum atomic E-state index is 11.2. The van der Waals surface area contributed by atoms with E-state index < -0.39 is 0 Å². The molecule has 0 unspecified atom stereocenters. The van der Waals surface area contributed by atoms with Crippen LogP contribution in [0.5, 0.6) is 5.75 Å². The number of ether oxygens (including phenoxy) is 1. The van der Waals surface area contributed by atoms with Crippen LogP contribution >= 0.6 is 0 Å².